The Morgan fingerprint density at radius 1 is 1.56 bits per heavy atom. The van der Waals surface area contributed by atoms with Crippen molar-refractivity contribution in [3.63, 3.8) is 0 Å². The number of nitrogens with zero attached hydrogens (tertiary/aromatic N) is 2. The van der Waals surface area contributed by atoms with Crippen molar-refractivity contribution in [2.75, 3.05) is 33.4 Å². The van der Waals surface area contributed by atoms with Gasteiger partial charge >= 0.3 is 0 Å². The number of likely N-dealkylation sites (tertiary alicyclic amines) is 1. The molecule has 1 aliphatic heterocycles. The van der Waals surface area contributed by atoms with Gasteiger partial charge in [-0.05, 0) is 12.8 Å². The van der Waals surface area contributed by atoms with Gasteiger partial charge in [0.15, 0.2) is 0 Å². The maximum absolute atomic E-state index is 11.8. The van der Waals surface area contributed by atoms with E-state index < -0.39 is 6.04 Å². The van der Waals surface area contributed by atoms with Crippen LogP contribution in [-0.2, 0) is 9.53 Å². The van der Waals surface area contributed by atoms with Crippen molar-refractivity contribution in [1.29, 1.82) is 5.26 Å². The minimum absolute atomic E-state index is 0.0777. The van der Waals surface area contributed by atoms with E-state index in [1.165, 1.54) is 0 Å². The first-order valence-electron chi connectivity index (χ1n) is 5.67. The van der Waals surface area contributed by atoms with Gasteiger partial charge in [-0.1, -0.05) is 0 Å². The van der Waals surface area contributed by atoms with E-state index in [9.17, 15) is 4.79 Å². The molecule has 1 rings (SSSR count). The first-order valence-corrected chi connectivity index (χ1v) is 5.67. The number of hydrogen-bond acceptors (Lipinski definition) is 4. The molecule has 1 fully saturated rings. The number of hydrogen-bond donors (Lipinski definition) is 1. The van der Waals surface area contributed by atoms with Crippen LogP contribution in [0.2, 0.25) is 0 Å². The normalized spacial score (nSPS) is 17.1. The van der Waals surface area contributed by atoms with E-state index in [2.05, 4.69) is 11.4 Å². The monoisotopic (exact) mass is 225 g/mol. The Bertz CT molecular complexity index is 256. The summed E-state index contributed by atoms with van der Waals surface area (Å²) < 4.78 is 4.87. The highest BCUT2D eigenvalue weighted by Gasteiger charge is 2.21. The zero-order valence-corrected chi connectivity index (χ0v) is 9.74. The second kappa shape index (κ2) is 7.20. The van der Waals surface area contributed by atoms with Crippen LogP contribution in [0.1, 0.15) is 19.3 Å². The van der Waals surface area contributed by atoms with Crippen LogP contribution in [0.4, 0.5) is 0 Å². The van der Waals surface area contributed by atoms with Gasteiger partial charge in [-0.15, -0.1) is 0 Å². The molecule has 0 aromatic carbocycles. The van der Waals surface area contributed by atoms with Crippen LogP contribution in [0.5, 0.6) is 0 Å². The van der Waals surface area contributed by atoms with Gasteiger partial charge in [0.05, 0.1) is 19.1 Å². The molecule has 1 atom stereocenters. The van der Waals surface area contributed by atoms with Crippen LogP contribution in [0.25, 0.3) is 0 Å². The third kappa shape index (κ3) is 4.17. The van der Waals surface area contributed by atoms with Crippen molar-refractivity contribution >= 4 is 5.91 Å². The summed E-state index contributed by atoms with van der Waals surface area (Å²) in [5, 5.41) is 11.9. The van der Waals surface area contributed by atoms with Crippen molar-refractivity contribution in [3.8, 4) is 6.07 Å². The number of amides is 1. The first-order chi connectivity index (χ1) is 7.77. The van der Waals surface area contributed by atoms with Crippen LogP contribution in [0, 0.1) is 11.3 Å². The molecule has 5 heteroatoms. The van der Waals surface area contributed by atoms with Crippen molar-refractivity contribution < 1.29 is 9.53 Å². The molecular formula is C11H19N3O2. The summed E-state index contributed by atoms with van der Waals surface area (Å²) in [5.41, 5.74) is 0. The molecule has 1 N–H and O–H groups in total. The van der Waals surface area contributed by atoms with E-state index in [4.69, 9.17) is 10.00 Å². The number of carbonyl (C=O) groups is 1. The molecule has 1 aliphatic rings. The standard InChI is InChI=1S/C11H19N3O2/c1-16-7-4-13-10(9-12)8-11(15)14-5-2-3-6-14/h10,13H,2-8H2,1H3. The SMILES string of the molecule is COCCNC(C#N)CC(=O)N1CCCC1. The Kier molecular flexibility index (Phi) is 5.83. The number of rotatable bonds is 6. The van der Waals surface area contributed by atoms with E-state index in [0.717, 1.165) is 25.9 Å². The second-order valence-electron chi connectivity index (χ2n) is 3.92. The van der Waals surface area contributed by atoms with Crippen LogP contribution in [0.15, 0.2) is 0 Å². The van der Waals surface area contributed by atoms with Crippen molar-refractivity contribution in [1.82, 2.24) is 10.2 Å². The lowest BCUT2D eigenvalue weighted by molar-refractivity contribution is -0.130. The molecule has 1 unspecified atom stereocenters. The maximum Gasteiger partial charge on any atom is 0.225 e. The van der Waals surface area contributed by atoms with E-state index >= 15 is 0 Å². The number of ether oxygens (including phenoxy) is 1. The lowest BCUT2D eigenvalue weighted by atomic mass is 10.2. The van der Waals surface area contributed by atoms with Gasteiger partial charge in [0.25, 0.3) is 0 Å². The highest BCUT2D eigenvalue weighted by atomic mass is 16.5. The molecule has 0 aromatic heterocycles. The quantitative estimate of drug-likeness (QED) is 0.652. The minimum Gasteiger partial charge on any atom is -0.383 e. The molecule has 90 valence electrons. The fourth-order valence-corrected chi connectivity index (χ4v) is 1.77. The molecule has 5 nitrogen and oxygen atoms in total. The lowest BCUT2D eigenvalue weighted by Gasteiger charge is -2.17. The predicted molar refractivity (Wildman–Crippen MR) is 59.7 cm³/mol. The zero-order valence-electron chi connectivity index (χ0n) is 9.74. The Balaban J connectivity index is 2.26. The lowest BCUT2D eigenvalue weighted by Crippen LogP contribution is -2.37. The van der Waals surface area contributed by atoms with E-state index in [-0.39, 0.29) is 12.3 Å². The van der Waals surface area contributed by atoms with Crippen LogP contribution in [-0.4, -0.2) is 50.2 Å². The smallest absolute Gasteiger partial charge is 0.225 e. The Labute approximate surface area is 96.4 Å². The average molecular weight is 225 g/mol. The van der Waals surface area contributed by atoms with Crippen molar-refractivity contribution in [3.05, 3.63) is 0 Å². The maximum atomic E-state index is 11.8. The molecule has 0 aromatic rings. The van der Waals surface area contributed by atoms with Crippen LogP contribution < -0.4 is 5.32 Å². The van der Waals surface area contributed by atoms with Gasteiger partial charge in [0.1, 0.15) is 6.04 Å². The minimum atomic E-state index is -0.400. The molecule has 16 heavy (non-hydrogen) atoms. The number of nitrogens with one attached hydrogen (secondary N) is 1. The van der Waals surface area contributed by atoms with Gasteiger partial charge in [-0.25, -0.2) is 0 Å². The Morgan fingerprint density at radius 2 is 2.25 bits per heavy atom. The largest absolute Gasteiger partial charge is 0.383 e. The number of nitriles is 1. The Morgan fingerprint density at radius 3 is 2.81 bits per heavy atom. The van der Waals surface area contributed by atoms with E-state index in [0.29, 0.717) is 13.2 Å². The summed E-state index contributed by atoms with van der Waals surface area (Å²) in [6.07, 6.45) is 2.43. The predicted octanol–water partition coefficient (Wildman–Crippen LogP) is 0.127. The van der Waals surface area contributed by atoms with E-state index in [1.807, 2.05) is 4.90 Å². The molecule has 0 bridgehead atoms. The molecule has 1 saturated heterocycles. The number of methoxy groups -OCH3 is 1. The summed E-state index contributed by atoms with van der Waals surface area (Å²) in [6.45, 7) is 2.84. The fraction of sp³-hybridized carbons (Fsp3) is 0.818. The molecule has 0 spiro atoms. The summed E-state index contributed by atoms with van der Waals surface area (Å²) in [7, 11) is 1.61. The Hall–Kier alpha value is -1.12. The summed E-state index contributed by atoms with van der Waals surface area (Å²) in [4.78, 5) is 13.6. The topological polar surface area (TPSA) is 65.4 Å². The average Bonchev–Trinajstić information content (AvgIpc) is 2.81. The third-order valence-electron chi connectivity index (χ3n) is 2.69. The fourth-order valence-electron chi connectivity index (χ4n) is 1.77. The van der Waals surface area contributed by atoms with Gasteiger partial charge in [0, 0.05) is 26.7 Å². The summed E-state index contributed by atoms with van der Waals surface area (Å²) in [5.74, 6) is 0.0777. The third-order valence-corrected chi connectivity index (χ3v) is 2.69. The highest BCUT2D eigenvalue weighted by Crippen LogP contribution is 2.09. The van der Waals surface area contributed by atoms with Crippen molar-refractivity contribution in [2.24, 2.45) is 0 Å². The molecule has 0 aliphatic carbocycles. The van der Waals surface area contributed by atoms with Crippen LogP contribution >= 0.6 is 0 Å². The summed E-state index contributed by atoms with van der Waals surface area (Å²) >= 11 is 0. The van der Waals surface area contributed by atoms with Gasteiger partial charge in [-0.2, -0.15) is 5.26 Å². The summed E-state index contributed by atoms with van der Waals surface area (Å²) in [6, 6.07) is 1.70. The highest BCUT2D eigenvalue weighted by molar-refractivity contribution is 5.77. The molecular weight excluding hydrogens is 206 g/mol. The van der Waals surface area contributed by atoms with Gasteiger partial charge in [-0.3, -0.25) is 10.1 Å². The first kappa shape index (κ1) is 12.9. The molecule has 1 heterocycles. The molecule has 0 saturated carbocycles. The van der Waals surface area contributed by atoms with E-state index in [1.54, 1.807) is 7.11 Å². The van der Waals surface area contributed by atoms with Crippen LogP contribution in [0.3, 0.4) is 0 Å². The van der Waals surface area contributed by atoms with Gasteiger partial charge < -0.3 is 9.64 Å². The second-order valence-corrected chi connectivity index (χ2v) is 3.92. The van der Waals surface area contributed by atoms with Gasteiger partial charge in [0.2, 0.25) is 5.91 Å². The zero-order chi connectivity index (χ0) is 11.8. The molecule has 0 radical (unpaired) electrons. The number of carbonyl (C=O) groups excluding carboxylic acids is 1. The molecule has 1 amide bonds. The van der Waals surface area contributed by atoms with Crippen molar-refractivity contribution in [2.45, 2.75) is 25.3 Å².